The number of carboxylic acid groups (broad SMARTS) is 1. The second-order valence-corrected chi connectivity index (χ2v) is 7.15. The minimum atomic E-state index is -4.91. The summed E-state index contributed by atoms with van der Waals surface area (Å²) >= 11 is 6.18. The van der Waals surface area contributed by atoms with Crippen molar-refractivity contribution >= 4 is 23.6 Å². The number of hydrogen-bond donors (Lipinski definition) is 2. The lowest BCUT2D eigenvalue weighted by atomic mass is 10.0. The summed E-state index contributed by atoms with van der Waals surface area (Å²) in [4.78, 5) is 11.2. The molecule has 0 radical (unpaired) electrons. The van der Waals surface area contributed by atoms with Crippen molar-refractivity contribution in [1.29, 1.82) is 0 Å². The van der Waals surface area contributed by atoms with Crippen LogP contribution in [0.15, 0.2) is 42.0 Å². The number of alkyl halides is 3. The van der Waals surface area contributed by atoms with E-state index in [1.54, 1.807) is 24.3 Å². The lowest BCUT2D eigenvalue weighted by Crippen LogP contribution is -2.40. The number of carboxylic acids is 1. The van der Waals surface area contributed by atoms with Crippen LogP contribution in [0.25, 0.3) is 6.08 Å². The molecule has 2 atom stereocenters. The maximum Gasteiger partial charge on any atom is 0.430 e. The monoisotopic (exact) mass is 458 g/mol. The number of aliphatic hydroxyl groups excluding tert-OH is 1. The van der Waals surface area contributed by atoms with Crippen molar-refractivity contribution in [3.63, 3.8) is 0 Å². The van der Waals surface area contributed by atoms with E-state index in [9.17, 15) is 23.1 Å². The molecule has 0 saturated carbocycles. The Morgan fingerprint density at radius 3 is 2.52 bits per heavy atom. The average Bonchev–Trinajstić information content (AvgIpc) is 2.71. The molecule has 0 spiro atoms. The number of benzene rings is 2. The van der Waals surface area contributed by atoms with E-state index in [1.165, 1.54) is 19.2 Å². The van der Waals surface area contributed by atoms with Crippen molar-refractivity contribution in [3.05, 3.63) is 58.1 Å². The van der Waals surface area contributed by atoms with Crippen LogP contribution in [0.1, 0.15) is 17.5 Å². The Hall–Kier alpha value is -2.75. The van der Waals surface area contributed by atoms with Crippen molar-refractivity contribution in [3.8, 4) is 17.2 Å². The van der Waals surface area contributed by atoms with Gasteiger partial charge in [0.15, 0.2) is 6.29 Å². The van der Waals surface area contributed by atoms with Gasteiger partial charge in [0.25, 0.3) is 0 Å². The van der Waals surface area contributed by atoms with E-state index in [1.807, 2.05) is 0 Å². The largest absolute Gasteiger partial charge is 0.478 e. The topological polar surface area (TPSA) is 85.2 Å². The third-order valence-electron chi connectivity index (χ3n) is 4.55. The number of aliphatic carboxylic acids is 1. The van der Waals surface area contributed by atoms with E-state index in [-0.39, 0.29) is 22.1 Å². The molecule has 166 valence electrons. The van der Waals surface area contributed by atoms with Crippen LogP contribution in [0.3, 0.4) is 0 Å². The number of halogens is 4. The minimum Gasteiger partial charge on any atom is -0.478 e. The molecule has 0 amide bonds. The SMILES string of the molecule is COC(O)CCc1ccc(Oc2cc3c(cc2Cl)C=C(C(=O)O)C(C(F)(F)F)O3)cc1. The Morgan fingerprint density at radius 2 is 1.94 bits per heavy atom. The molecule has 2 unspecified atom stereocenters. The van der Waals surface area contributed by atoms with Crippen LogP contribution < -0.4 is 9.47 Å². The fourth-order valence-corrected chi connectivity index (χ4v) is 3.16. The van der Waals surface area contributed by atoms with Crippen LogP contribution >= 0.6 is 11.6 Å². The van der Waals surface area contributed by atoms with Gasteiger partial charge in [-0.3, -0.25) is 0 Å². The Balaban J connectivity index is 1.81. The van der Waals surface area contributed by atoms with Crippen molar-refractivity contribution in [2.75, 3.05) is 7.11 Å². The smallest absolute Gasteiger partial charge is 0.430 e. The summed E-state index contributed by atoms with van der Waals surface area (Å²) in [6.45, 7) is 0. The number of methoxy groups -OCH3 is 1. The van der Waals surface area contributed by atoms with Crippen LogP contribution in [0, 0.1) is 0 Å². The first kappa shape index (κ1) is 22.9. The highest BCUT2D eigenvalue weighted by Gasteiger charge is 2.48. The number of carbonyl (C=O) groups is 1. The molecule has 1 aliphatic rings. The molecule has 2 N–H and O–H groups in total. The van der Waals surface area contributed by atoms with E-state index in [2.05, 4.69) is 0 Å². The summed E-state index contributed by atoms with van der Waals surface area (Å²) in [7, 11) is 1.41. The van der Waals surface area contributed by atoms with Gasteiger partial charge in [-0.1, -0.05) is 23.7 Å². The number of aliphatic hydroxyl groups is 1. The summed E-state index contributed by atoms with van der Waals surface area (Å²) in [5.41, 5.74) is 0.0869. The molecule has 1 heterocycles. The molecule has 1 aliphatic heterocycles. The minimum absolute atomic E-state index is 0.0519. The van der Waals surface area contributed by atoms with Crippen LogP contribution in [0.2, 0.25) is 5.02 Å². The van der Waals surface area contributed by atoms with E-state index in [4.69, 9.17) is 30.9 Å². The van der Waals surface area contributed by atoms with Crippen LogP contribution in [-0.2, 0) is 16.0 Å². The summed E-state index contributed by atoms with van der Waals surface area (Å²) in [5, 5.41) is 18.6. The van der Waals surface area contributed by atoms with Gasteiger partial charge >= 0.3 is 12.1 Å². The fraction of sp³-hybridized carbons (Fsp3) is 0.286. The number of aryl methyl sites for hydroxylation is 1. The molecule has 31 heavy (non-hydrogen) atoms. The highest BCUT2D eigenvalue weighted by atomic mass is 35.5. The maximum absolute atomic E-state index is 13.2. The van der Waals surface area contributed by atoms with Crippen molar-refractivity contribution < 1.29 is 42.4 Å². The number of hydrogen-bond acceptors (Lipinski definition) is 5. The summed E-state index contributed by atoms with van der Waals surface area (Å²) in [5.74, 6) is -1.50. The zero-order chi connectivity index (χ0) is 22.8. The molecule has 0 saturated heterocycles. The Kier molecular flexibility index (Phi) is 6.78. The third-order valence-corrected chi connectivity index (χ3v) is 4.85. The van der Waals surface area contributed by atoms with Crippen LogP contribution in [-0.4, -0.2) is 41.9 Å². The molecule has 6 nitrogen and oxygen atoms in total. The zero-order valence-corrected chi connectivity index (χ0v) is 16.9. The van der Waals surface area contributed by atoms with Gasteiger partial charge in [0.1, 0.15) is 17.2 Å². The predicted molar refractivity (Wildman–Crippen MR) is 105 cm³/mol. The molecular weight excluding hydrogens is 441 g/mol. The van der Waals surface area contributed by atoms with Gasteiger partial charge in [0, 0.05) is 25.2 Å². The molecule has 0 bridgehead atoms. The Bertz CT molecular complexity index is 988. The number of fused-ring (bicyclic) bond motifs is 1. The first-order valence-electron chi connectivity index (χ1n) is 9.08. The Labute approximate surface area is 180 Å². The summed E-state index contributed by atoms with van der Waals surface area (Å²) in [6.07, 6.45) is -6.50. The van der Waals surface area contributed by atoms with Crippen LogP contribution in [0.4, 0.5) is 13.2 Å². The molecule has 2 aromatic rings. The first-order valence-corrected chi connectivity index (χ1v) is 9.45. The van der Waals surface area contributed by atoms with Gasteiger partial charge < -0.3 is 24.4 Å². The molecule has 0 fully saturated rings. The molecule has 2 aromatic carbocycles. The predicted octanol–water partition coefficient (Wildman–Crippen LogP) is 4.82. The van der Waals surface area contributed by atoms with Gasteiger partial charge in [-0.2, -0.15) is 13.2 Å². The normalized spacial score (nSPS) is 16.7. The van der Waals surface area contributed by atoms with Gasteiger partial charge in [0.05, 0.1) is 10.6 Å². The van der Waals surface area contributed by atoms with E-state index in [0.29, 0.717) is 18.6 Å². The summed E-state index contributed by atoms with van der Waals surface area (Å²) < 4.78 is 55.1. The van der Waals surface area contributed by atoms with E-state index >= 15 is 0 Å². The number of ether oxygens (including phenoxy) is 3. The summed E-state index contributed by atoms with van der Waals surface area (Å²) in [6, 6.07) is 9.29. The second kappa shape index (κ2) is 9.17. The first-order chi connectivity index (χ1) is 14.6. The lowest BCUT2D eigenvalue weighted by molar-refractivity contribution is -0.187. The van der Waals surface area contributed by atoms with Crippen LogP contribution in [0.5, 0.6) is 17.2 Å². The van der Waals surface area contributed by atoms with E-state index < -0.39 is 30.1 Å². The standard InChI is InChI=1S/C21H18ClF3O6/c1-29-18(26)7-4-11-2-5-13(6-3-11)30-17-10-16-12(9-15(17)22)8-14(20(27)28)19(31-16)21(23,24)25/h2-3,5-6,8-10,18-19,26H,4,7H2,1H3,(H,27,28). The van der Waals surface area contributed by atoms with Gasteiger partial charge in [-0.15, -0.1) is 0 Å². The highest BCUT2D eigenvalue weighted by Crippen LogP contribution is 2.42. The van der Waals surface area contributed by atoms with Gasteiger partial charge in [-0.25, -0.2) is 4.79 Å². The highest BCUT2D eigenvalue weighted by molar-refractivity contribution is 6.32. The molecule has 3 rings (SSSR count). The zero-order valence-electron chi connectivity index (χ0n) is 16.1. The fourth-order valence-electron chi connectivity index (χ4n) is 2.95. The molecule has 0 aromatic heterocycles. The second-order valence-electron chi connectivity index (χ2n) is 6.74. The van der Waals surface area contributed by atoms with Crippen molar-refractivity contribution in [2.45, 2.75) is 31.4 Å². The lowest BCUT2D eigenvalue weighted by Gasteiger charge is -2.27. The van der Waals surface area contributed by atoms with Crippen molar-refractivity contribution in [1.82, 2.24) is 0 Å². The third kappa shape index (κ3) is 5.49. The molecule has 10 heteroatoms. The molecular formula is C21H18ClF3O6. The maximum atomic E-state index is 13.2. The number of rotatable bonds is 7. The Morgan fingerprint density at radius 1 is 1.26 bits per heavy atom. The van der Waals surface area contributed by atoms with Gasteiger partial charge in [0.2, 0.25) is 6.10 Å². The van der Waals surface area contributed by atoms with Crippen molar-refractivity contribution in [2.24, 2.45) is 0 Å². The van der Waals surface area contributed by atoms with Gasteiger partial charge in [-0.05, 0) is 36.3 Å². The molecule has 0 aliphatic carbocycles. The average molecular weight is 459 g/mol. The quantitative estimate of drug-likeness (QED) is 0.579. The van der Waals surface area contributed by atoms with E-state index in [0.717, 1.165) is 11.6 Å².